The summed E-state index contributed by atoms with van der Waals surface area (Å²) in [7, 11) is 1.99. The summed E-state index contributed by atoms with van der Waals surface area (Å²) in [5, 5.41) is 4.56. The third-order valence-electron chi connectivity index (χ3n) is 4.15. The van der Waals surface area contributed by atoms with Crippen molar-refractivity contribution in [2.45, 2.75) is 38.8 Å². The first kappa shape index (κ1) is 13.7. The smallest absolute Gasteiger partial charge is 0.137 e. The Morgan fingerprint density at radius 1 is 1.40 bits per heavy atom. The van der Waals surface area contributed by atoms with Crippen LogP contribution < -0.4 is 5.32 Å². The highest BCUT2D eigenvalue weighted by Gasteiger charge is 2.38. The van der Waals surface area contributed by atoms with E-state index in [4.69, 9.17) is 9.15 Å². The fraction of sp³-hybridized carbons (Fsp3) is 0.529. The van der Waals surface area contributed by atoms with Gasteiger partial charge in [-0.2, -0.15) is 0 Å². The molecule has 1 heterocycles. The third-order valence-corrected chi connectivity index (χ3v) is 4.15. The first-order valence-corrected chi connectivity index (χ1v) is 7.52. The van der Waals surface area contributed by atoms with Crippen molar-refractivity contribution in [2.24, 2.45) is 5.92 Å². The number of hydrogen-bond donors (Lipinski definition) is 1. The third kappa shape index (κ3) is 2.48. The zero-order chi connectivity index (χ0) is 14.1. The molecule has 0 saturated heterocycles. The van der Waals surface area contributed by atoms with Crippen LogP contribution in [0.3, 0.4) is 0 Å². The van der Waals surface area contributed by atoms with Gasteiger partial charge in [0, 0.05) is 12.0 Å². The van der Waals surface area contributed by atoms with Gasteiger partial charge in [0.15, 0.2) is 0 Å². The number of benzene rings is 1. The normalized spacial score (nSPS) is 18.4. The molecule has 0 radical (unpaired) electrons. The van der Waals surface area contributed by atoms with E-state index in [2.05, 4.69) is 43.4 Å². The minimum atomic E-state index is 0.134. The maximum Gasteiger partial charge on any atom is 0.137 e. The van der Waals surface area contributed by atoms with Gasteiger partial charge in [0.25, 0.3) is 0 Å². The molecular weight excluding hydrogens is 250 g/mol. The summed E-state index contributed by atoms with van der Waals surface area (Å²) in [5.74, 6) is 1.66. The molecule has 2 unspecified atom stereocenters. The van der Waals surface area contributed by atoms with E-state index in [9.17, 15) is 0 Å². The van der Waals surface area contributed by atoms with Crippen LogP contribution in [0, 0.1) is 12.8 Å². The zero-order valence-electron chi connectivity index (χ0n) is 12.5. The number of aryl methyl sites for hydroxylation is 1. The fourth-order valence-electron chi connectivity index (χ4n) is 2.97. The van der Waals surface area contributed by atoms with Gasteiger partial charge in [-0.3, -0.25) is 0 Å². The lowest BCUT2D eigenvalue weighted by Gasteiger charge is -2.25. The van der Waals surface area contributed by atoms with E-state index < -0.39 is 0 Å². The van der Waals surface area contributed by atoms with Gasteiger partial charge in [-0.1, -0.05) is 18.2 Å². The second-order valence-corrected chi connectivity index (χ2v) is 5.67. The molecule has 3 nitrogen and oxygen atoms in total. The average molecular weight is 273 g/mol. The predicted octanol–water partition coefficient (Wildman–Crippen LogP) is 3.82. The average Bonchev–Trinajstić information content (AvgIpc) is 3.19. The van der Waals surface area contributed by atoms with E-state index in [0.29, 0.717) is 5.92 Å². The molecule has 1 N–H and O–H groups in total. The largest absolute Gasteiger partial charge is 0.459 e. The second kappa shape index (κ2) is 5.58. The molecule has 1 aliphatic carbocycles. The molecule has 0 amide bonds. The van der Waals surface area contributed by atoms with Gasteiger partial charge in [0.1, 0.15) is 11.3 Å². The van der Waals surface area contributed by atoms with Crippen LogP contribution in [0.1, 0.15) is 37.1 Å². The summed E-state index contributed by atoms with van der Waals surface area (Å²) >= 11 is 0. The van der Waals surface area contributed by atoms with Crippen LogP contribution in [0.25, 0.3) is 11.0 Å². The Balaban J connectivity index is 1.95. The maximum atomic E-state index is 6.11. The van der Waals surface area contributed by atoms with Gasteiger partial charge in [-0.25, -0.2) is 0 Å². The number of likely N-dealkylation sites (N-methyl/N-ethyl adjacent to an activating group) is 1. The van der Waals surface area contributed by atoms with Crippen LogP contribution >= 0.6 is 0 Å². The first-order chi connectivity index (χ1) is 9.74. The number of rotatable bonds is 6. The quantitative estimate of drug-likeness (QED) is 0.869. The van der Waals surface area contributed by atoms with Crippen molar-refractivity contribution in [2.75, 3.05) is 13.7 Å². The Morgan fingerprint density at radius 2 is 2.20 bits per heavy atom. The van der Waals surface area contributed by atoms with E-state index in [1.54, 1.807) is 0 Å². The monoisotopic (exact) mass is 273 g/mol. The first-order valence-electron chi connectivity index (χ1n) is 7.52. The SMILES string of the molecule is CCOC(C1CC1)C(NC)c1cc2cccc(C)c2o1. The topological polar surface area (TPSA) is 34.4 Å². The van der Waals surface area contributed by atoms with Crippen LogP contribution in [0.2, 0.25) is 0 Å². The molecule has 20 heavy (non-hydrogen) atoms. The van der Waals surface area contributed by atoms with Crippen LogP contribution in [0.15, 0.2) is 28.7 Å². The number of hydrogen-bond acceptors (Lipinski definition) is 3. The molecule has 1 aromatic carbocycles. The van der Waals surface area contributed by atoms with Crippen LogP contribution in [-0.4, -0.2) is 19.8 Å². The van der Waals surface area contributed by atoms with Gasteiger partial charge >= 0.3 is 0 Å². The second-order valence-electron chi connectivity index (χ2n) is 5.67. The van der Waals surface area contributed by atoms with Gasteiger partial charge < -0.3 is 14.5 Å². The van der Waals surface area contributed by atoms with Gasteiger partial charge in [0.05, 0.1) is 12.1 Å². The summed E-state index contributed by atoms with van der Waals surface area (Å²) < 4.78 is 12.1. The van der Waals surface area contributed by atoms with Crippen molar-refractivity contribution in [3.05, 3.63) is 35.6 Å². The van der Waals surface area contributed by atoms with Crippen LogP contribution in [0.5, 0.6) is 0 Å². The molecule has 2 aromatic rings. The minimum absolute atomic E-state index is 0.134. The van der Waals surface area contributed by atoms with E-state index in [0.717, 1.165) is 18.0 Å². The Hall–Kier alpha value is -1.32. The number of nitrogens with one attached hydrogen (secondary N) is 1. The van der Waals surface area contributed by atoms with Gasteiger partial charge in [-0.05, 0) is 51.3 Å². The Bertz CT molecular complexity index is 586. The number of para-hydroxylation sites is 1. The van der Waals surface area contributed by atoms with Crippen LogP contribution in [0.4, 0.5) is 0 Å². The molecule has 108 valence electrons. The number of fused-ring (bicyclic) bond motifs is 1. The number of ether oxygens (including phenoxy) is 1. The lowest BCUT2D eigenvalue weighted by molar-refractivity contribution is 0.0156. The van der Waals surface area contributed by atoms with Gasteiger partial charge in [0.2, 0.25) is 0 Å². The molecule has 0 bridgehead atoms. The summed E-state index contributed by atoms with van der Waals surface area (Å²) in [6.07, 6.45) is 2.75. The molecule has 1 saturated carbocycles. The van der Waals surface area contributed by atoms with Crippen molar-refractivity contribution in [1.82, 2.24) is 5.32 Å². The predicted molar refractivity (Wildman–Crippen MR) is 80.9 cm³/mol. The number of furan rings is 1. The highest BCUT2D eigenvalue weighted by Crippen LogP contribution is 2.41. The summed E-state index contributed by atoms with van der Waals surface area (Å²) in [5.41, 5.74) is 2.18. The fourth-order valence-corrected chi connectivity index (χ4v) is 2.97. The van der Waals surface area contributed by atoms with Crippen molar-refractivity contribution in [3.8, 4) is 0 Å². The highest BCUT2D eigenvalue weighted by molar-refractivity contribution is 5.81. The van der Waals surface area contributed by atoms with E-state index >= 15 is 0 Å². The molecule has 1 aromatic heterocycles. The Morgan fingerprint density at radius 3 is 2.80 bits per heavy atom. The molecular formula is C17H23NO2. The maximum absolute atomic E-state index is 6.11. The van der Waals surface area contributed by atoms with Crippen molar-refractivity contribution in [1.29, 1.82) is 0 Å². The lowest BCUT2D eigenvalue weighted by atomic mass is 10.0. The Kier molecular flexibility index (Phi) is 3.81. The van der Waals surface area contributed by atoms with Crippen molar-refractivity contribution < 1.29 is 9.15 Å². The molecule has 2 atom stereocenters. The standard InChI is InChI=1S/C17H23NO2/c1-4-19-17(12-8-9-12)15(18-3)14-10-13-7-5-6-11(2)16(13)20-14/h5-7,10,12,15,17-18H,4,8-9H2,1-3H3. The van der Waals surface area contributed by atoms with E-state index in [1.807, 2.05) is 7.05 Å². The molecule has 3 rings (SSSR count). The molecule has 3 heteroatoms. The zero-order valence-corrected chi connectivity index (χ0v) is 12.5. The van der Waals surface area contributed by atoms with Gasteiger partial charge in [-0.15, -0.1) is 0 Å². The molecule has 0 aliphatic heterocycles. The van der Waals surface area contributed by atoms with Crippen LogP contribution in [-0.2, 0) is 4.74 Å². The summed E-state index contributed by atoms with van der Waals surface area (Å²) in [6.45, 7) is 4.90. The summed E-state index contributed by atoms with van der Waals surface area (Å²) in [6, 6.07) is 8.55. The van der Waals surface area contributed by atoms with E-state index in [1.165, 1.54) is 23.8 Å². The van der Waals surface area contributed by atoms with E-state index in [-0.39, 0.29) is 12.1 Å². The highest BCUT2D eigenvalue weighted by atomic mass is 16.5. The molecule has 1 fully saturated rings. The van der Waals surface area contributed by atoms with Crippen molar-refractivity contribution >= 4 is 11.0 Å². The minimum Gasteiger partial charge on any atom is -0.459 e. The molecule has 0 spiro atoms. The summed E-state index contributed by atoms with van der Waals surface area (Å²) in [4.78, 5) is 0. The lowest BCUT2D eigenvalue weighted by Crippen LogP contribution is -2.33. The van der Waals surface area contributed by atoms with Crippen molar-refractivity contribution in [3.63, 3.8) is 0 Å². The Labute approximate surface area is 120 Å². The molecule has 1 aliphatic rings.